The van der Waals surface area contributed by atoms with Crippen molar-refractivity contribution >= 4 is 16.7 Å². The Morgan fingerprint density at radius 3 is 2.43 bits per heavy atom. The van der Waals surface area contributed by atoms with E-state index in [0.29, 0.717) is 0 Å². The lowest BCUT2D eigenvalue weighted by molar-refractivity contribution is 0.238. The lowest BCUT2D eigenvalue weighted by Crippen LogP contribution is -2.08. The average molecular weight is 224 g/mol. The summed E-state index contributed by atoms with van der Waals surface area (Å²) >= 11 is 0. The number of hydrogen-bond donors (Lipinski definition) is 2. The van der Waals surface area contributed by atoms with Gasteiger partial charge in [0.2, 0.25) is 0 Å². The minimum absolute atomic E-state index is 0.0266. The van der Waals surface area contributed by atoms with Gasteiger partial charge in [0.25, 0.3) is 0 Å². The van der Waals surface area contributed by atoms with Crippen molar-refractivity contribution in [1.29, 1.82) is 0 Å². The van der Waals surface area contributed by atoms with Crippen molar-refractivity contribution in [3.63, 3.8) is 0 Å². The van der Waals surface area contributed by atoms with Gasteiger partial charge in [-0.2, -0.15) is 8.42 Å². The van der Waals surface area contributed by atoms with Gasteiger partial charge in [0.15, 0.2) is 0 Å². The van der Waals surface area contributed by atoms with Gasteiger partial charge < -0.3 is 5.32 Å². The molecule has 0 saturated heterocycles. The highest BCUT2D eigenvalue weighted by Crippen LogP contribution is 1.95. The van der Waals surface area contributed by atoms with Crippen LogP contribution in [0.15, 0.2) is 4.99 Å². The van der Waals surface area contributed by atoms with Crippen molar-refractivity contribution in [1.82, 2.24) is 5.32 Å². The van der Waals surface area contributed by atoms with Crippen LogP contribution in [-0.2, 0) is 14.6 Å². The van der Waals surface area contributed by atoms with Crippen LogP contribution < -0.4 is 5.32 Å². The van der Waals surface area contributed by atoms with E-state index in [1.807, 2.05) is 0 Å². The van der Waals surface area contributed by atoms with Gasteiger partial charge in [-0.1, -0.05) is 13.8 Å². The second-order valence-electron chi connectivity index (χ2n) is 3.10. The maximum atomic E-state index is 9.87. The monoisotopic (exact) mass is 224 g/mol. The number of rotatable bonds is 3. The molecule has 1 rings (SSSR count). The van der Waals surface area contributed by atoms with E-state index < -0.39 is 10.4 Å². The molecule has 0 saturated carbocycles. The number of hydrogen-bond acceptors (Lipinski definition) is 5. The van der Waals surface area contributed by atoms with Gasteiger partial charge in [-0.15, -0.1) is 0 Å². The first-order chi connectivity index (χ1) is 6.42. The molecule has 0 bridgehead atoms. The van der Waals surface area contributed by atoms with E-state index in [9.17, 15) is 8.42 Å². The summed E-state index contributed by atoms with van der Waals surface area (Å²) < 4.78 is 31.8. The summed E-state index contributed by atoms with van der Waals surface area (Å²) in [7, 11) is -4.22. The van der Waals surface area contributed by atoms with E-state index in [4.69, 9.17) is 4.55 Å². The van der Waals surface area contributed by atoms with Crippen LogP contribution in [0, 0.1) is 5.92 Å². The molecule has 0 atom stereocenters. The quantitative estimate of drug-likeness (QED) is 0.663. The zero-order chi connectivity index (χ0) is 11.0. The van der Waals surface area contributed by atoms with Gasteiger partial charge in [0, 0.05) is 6.54 Å². The Kier molecular flexibility index (Phi) is 6.43. The van der Waals surface area contributed by atoms with Crippen LogP contribution in [0.25, 0.3) is 0 Å². The topological polar surface area (TPSA) is 88.0 Å². The summed E-state index contributed by atoms with van der Waals surface area (Å²) in [6.07, 6.45) is 1.74. The highest BCUT2D eigenvalue weighted by molar-refractivity contribution is 7.80. The molecule has 1 aliphatic heterocycles. The Labute approximate surface area is 84.3 Å². The van der Waals surface area contributed by atoms with E-state index in [-0.39, 0.29) is 12.5 Å². The molecule has 2 N–H and O–H groups in total. The summed E-state index contributed by atoms with van der Waals surface area (Å²) in [5, 5.41) is 2.93. The Hall–Kier alpha value is -0.660. The first-order valence-electron chi connectivity index (χ1n) is 4.25. The van der Waals surface area contributed by atoms with E-state index in [1.54, 1.807) is 20.2 Å². The van der Waals surface area contributed by atoms with Gasteiger partial charge in [-0.05, 0) is 5.92 Å². The van der Waals surface area contributed by atoms with Gasteiger partial charge >= 0.3 is 10.4 Å². The average Bonchev–Trinajstić information content (AvgIpc) is 2.56. The molecule has 0 aromatic heterocycles. The minimum Gasteiger partial charge on any atom is -0.375 e. The van der Waals surface area contributed by atoms with Crippen LogP contribution in [0.4, 0.5) is 0 Å². The minimum atomic E-state index is -4.22. The van der Waals surface area contributed by atoms with Crippen molar-refractivity contribution < 1.29 is 17.2 Å². The maximum absolute atomic E-state index is 9.87. The third-order valence-corrected chi connectivity index (χ3v) is 1.55. The first-order valence-corrected chi connectivity index (χ1v) is 5.62. The van der Waals surface area contributed by atoms with Gasteiger partial charge in [0.05, 0.1) is 19.5 Å². The van der Waals surface area contributed by atoms with Gasteiger partial charge in [-0.3, -0.25) is 9.55 Å². The molecule has 0 aliphatic carbocycles. The molecule has 0 aromatic carbocycles. The van der Waals surface area contributed by atoms with E-state index >= 15 is 0 Å². The lowest BCUT2D eigenvalue weighted by atomic mass is 10.2. The van der Waals surface area contributed by atoms with Gasteiger partial charge in [0.1, 0.15) is 0 Å². The zero-order valence-electron chi connectivity index (χ0n) is 8.30. The second kappa shape index (κ2) is 6.74. The number of nitrogens with one attached hydrogen (secondary N) is 1. The third-order valence-electron chi connectivity index (χ3n) is 1.12. The van der Waals surface area contributed by atoms with Gasteiger partial charge in [-0.25, -0.2) is 4.18 Å². The number of nitrogens with zero attached hydrogens (tertiary/aromatic N) is 1. The molecule has 6 nitrogen and oxygen atoms in total. The Morgan fingerprint density at radius 1 is 1.64 bits per heavy atom. The van der Waals surface area contributed by atoms with Crippen LogP contribution in [0.5, 0.6) is 0 Å². The molecule has 0 radical (unpaired) electrons. The molecule has 14 heavy (non-hydrogen) atoms. The normalized spacial score (nSPS) is 14.9. The van der Waals surface area contributed by atoms with E-state index in [0.717, 1.165) is 13.1 Å². The molecule has 0 fully saturated rings. The van der Waals surface area contributed by atoms with Crippen molar-refractivity contribution in [3.8, 4) is 0 Å². The highest BCUT2D eigenvalue weighted by atomic mass is 32.3. The smallest absolute Gasteiger partial charge is 0.375 e. The molecule has 1 heterocycles. The fourth-order valence-corrected chi connectivity index (χ4v) is 0.989. The molecular weight excluding hydrogens is 208 g/mol. The molecule has 0 aromatic rings. The fraction of sp³-hybridized carbons (Fsp3) is 0.857. The summed E-state index contributed by atoms with van der Waals surface area (Å²) in [4.78, 5) is 3.85. The lowest BCUT2D eigenvalue weighted by Gasteiger charge is -2.00. The summed E-state index contributed by atoms with van der Waals surface area (Å²) in [6, 6.07) is 0. The SMILES string of the molecule is C1=NCCN1.CC(C)COS(=O)(=O)O. The van der Waals surface area contributed by atoms with Crippen LogP contribution in [0.2, 0.25) is 0 Å². The van der Waals surface area contributed by atoms with Crippen molar-refractivity contribution in [2.75, 3.05) is 19.7 Å². The summed E-state index contributed by atoms with van der Waals surface area (Å²) in [5.41, 5.74) is 0. The number of aliphatic imine (C=N–C) groups is 1. The molecule has 84 valence electrons. The first kappa shape index (κ1) is 13.3. The molecule has 7 heteroatoms. The van der Waals surface area contributed by atoms with Crippen LogP contribution >= 0.6 is 0 Å². The van der Waals surface area contributed by atoms with Crippen molar-refractivity contribution in [2.24, 2.45) is 10.9 Å². The summed E-state index contributed by atoms with van der Waals surface area (Å²) in [5.74, 6) is 0.104. The van der Waals surface area contributed by atoms with Crippen molar-refractivity contribution in [2.45, 2.75) is 13.8 Å². The van der Waals surface area contributed by atoms with Crippen LogP contribution in [0.1, 0.15) is 13.8 Å². The fourth-order valence-electron chi connectivity index (χ4n) is 0.545. The van der Waals surface area contributed by atoms with E-state index in [1.165, 1.54) is 0 Å². The van der Waals surface area contributed by atoms with Crippen LogP contribution in [-0.4, -0.2) is 39.0 Å². The molecule has 1 aliphatic rings. The Balaban J connectivity index is 0.000000280. The molecule has 0 amide bonds. The molecular formula is C7H16N2O4S. The predicted octanol–water partition coefficient (Wildman–Crippen LogP) is 0.0797. The van der Waals surface area contributed by atoms with Crippen molar-refractivity contribution in [3.05, 3.63) is 0 Å². The third kappa shape index (κ3) is 11.3. The predicted molar refractivity (Wildman–Crippen MR) is 53.7 cm³/mol. The van der Waals surface area contributed by atoms with Crippen LogP contribution in [0.3, 0.4) is 0 Å². The Bertz CT molecular complexity index is 255. The highest BCUT2D eigenvalue weighted by Gasteiger charge is 2.04. The zero-order valence-corrected chi connectivity index (χ0v) is 9.12. The van der Waals surface area contributed by atoms with E-state index in [2.05, 4.69) is 14.5 Å². The largest absolute Gasteiger partial charge is 0.397 e. The Morgan fingerprint density at radius 2 is 2.29 bits per heavy atom. The standard InChI is InChI=1S/C4H10O4S.C3H6N2/c1-4(2)3-8-9(5,6)7;1-2-5-3-4-1/h4H,3H2,1-2H3,(H,5,6,7);3H,1-2H2,(H,4,5). The summed E-state index contributed by atoms with van der Waals surface area (Å²) in [6.45, 7) is 5.58. The molecule has 0 unspecified atom stereocenters. The molecule has 0 spiro atoms. The second-order valence-corrected chi connectivity index (χ2v) is 4.19. The maximum Gasteiger partial charge on any atom is 0.397 e.